The zero-order chi connectivity index (χ0) is 22.4. The summed E-state index contributed by atoms with van der Waals surface area (Å²) in [5, 5.41) is 48.8. The van der Waals surface area contributed by atoms with Crippen LogP contribution < -0.4 is 9.47 Å². The molecule has 164 valence electrons. The van der Waals surface area contributed by atoms with Gasteiger partial charge in [0.1, 0.15) is 35.6 Å². The van der Waals surface area contributed by atoms with Gasteiger partial charge < -0.3 is 39.7 Å². The molecule has 1 heterocycles. The molecule has 2 aromatic rings. The summed E-state index contributed by atoms with van der Waals surface area (Å²) >= 11 is 0. The van der Waals surface area contributed by atoms with Crippen LogP contribution in [-0.2, 0) is 11.3 Å². The molecule has 10 heteroatoms. The van der Waals surface area contributed by atoms with Crippen molar-refractivity contribution in [2.75, 3.05) is 13.7 Å². The van der Waals surface area contributed by atoms with E-state index in [1.54, 1.807) is 0 Å². The second-order valence-electron chi connectivity index (χ2n) is 7.23. The molecule has 0 radical (unpaired) electrons. The number of ether oxygens (including phenoxy) is 3. The zero-order valence-corrected chi connectivity index (χ0v) is 16.3. The number of methoxy groups -OCH3 is 1. The molecule has 0 saturated carbocycles. The second kappa shape index (κ2) is 7.91. The van der Waals surface area contributed by atoms with Crippen LogP contribution in [0.5, 0.6) is 17.2 Å². The number of hydrogen-bond acceptors (Lipinski definition) is 10. The Morgan fingerprint density at radius 2 is 1.68 bits per heavy atom. The number of aromatic hydroxyl groups is 1. The minimum absolute atomic E-state index is 0.00567. The Bertz CT molecular complexity index is 1060. The number of rotatable bonds is 5. The van der Waals surface area contributed by atoms with Crippen LogP contribution in [0.2, 0.25) is 0 Å². The SMILES string of the molecule is COc1cc(OC2OC(CO)C(O)C2O)cc2c1C(=O)c1c(O)cc(CO)cc1C2=O. The minimum atomic E-state index is -1.46. The molecule has 4 unspecified atom stereocenters. The fraction of sp³-hybridized carbons (Fsp3) is 0.333. The number of phenols is 1. The minimum Gasteiger partial charge on any atom is -0.507 e. The predicted octanol–water partition coefficient (Wildman–Crippen LogP) is -0.514. The van der Waals surface area contributed by atoms with Crippen LogP contribution in [0.15, 0.2) is 24.3 Å². The number of phenolic OH excluding ortho intramolecular Hbond substituents is 1. The average molecular weight is 432 g/mol. The van der Waals surface area contributed by atoms with Crippen molar-refractivity contribution in [2.45, 2.75) is 31.2 Å². The third-order valence-electron chi connectivity index (χ3n) is 5.35. The first-order valence-corrected chi connectivity index (χ1v) is 9.38. The van der Waals surface area contributed by atoms with E-state index in [2.05, 4.69) is 0 Å². The number of carbonyl (C=O) groups is 2. The van der Waals surface area contributed by atoms with Crippen molar-refractivity contribution in [3.05, 3.63) is 52.1 Å². The first kappa shape index (κ1) is 21.2. The third kappa shape index (κ3) is 3.34. The lowest BCUT2D eigenvalue weighted by molar-refractivity contribution is -0.116. The number of benzene rings is 2. The molecule has 5 N–H and O–H groups in total. The van der Waals surface area contributed by atoms with E-state index in [4.69, 9.17) is 14.2 Å². The van der Waals surface area contributed by atoms with E-state index >= 15 is 0 Å². The Morgan fingerprint density at radius 3 is 2.29 bits per heavy atom. The highest BCUT2D eigenvalue weighted by Crippen LogP contribution is 2.40. The quantitative estimate of drug-likeness (QED) is 0.355. The molecule has 2 aromatic carbocycles. The van der Waals surface area contributed by atoms with Crippen molar-refractivity contribution < 1.29 is 49.3 Å². The molecule has 0 bridgehead atoms. The maximum atomic E-state index is 13.1. The molecule has 1 aliphatic carbocycles. The topological polar surface area (TPSA) is 163 Å². The molecule has 0 amide bonds. The lowest BCUT2D eigenvalue weighted by atomic mass is 9.82. The number of ketones is 2. The molecule has 31 heavy (non-hydrogen) atoms. The predicted molar refractivity (Wildman–Crippen MR) is 102 cm³/mol. The summed E-state index contributed by atoms with van der Waals surface area (Å²) in [5.74, 6) is -1.66. The van der Waals surface area contributed by atoms with E-state index in [0.717, 1.165) is 0 Å². The Hall–Kier alpha value is -3.02. The molecular formula is C21H20O10. The first-order valence-electron chi connectivity index (χ1n) is 9.38. The van der Waals surface area contributed by atoms with E-state index < -0.39 is 55.1 Å². The smallest absolute Gasteiger partial charge is 0.229 e. The molecule has 1 fully saturated rings. The van der Waals surface area contributed by atoms with Crippen LogP contribution in [0.1, 0.15) is 37.4 Å². The van der Waals surface area contributed by atoms with E-state index in [1.165, 1.54) is 31.4 Å². The summed E-state index contributed by atoms with van der Waals surface area (Å²) in [6.45, 7) is -0.973. The zero-order valence-electron chi connectivity index (χ0n) is 16.3. The van der Waals surface area contributed by atoms with Crippen molar-refractivity contribution in [1.82, 2.24) is 0 Å². The van der Waals surface area contributed by atoms with Gasteiger partial charge in [-0.05, 0) is 23.8 Å². The molecule has 4 atom stereocenters. The molecule has 0 aromatic heterocycles. The van der Waals surface area contributed by atoms with Crippen LogP contribution >= 0.6 is 0 Å². The van der Waals surface area contributed by atoms with Gasteiger partial charge in [0.2, 0.25) is 12.1 Å². The standard InChI is InChI=1S/C21H20O10/c1-29-13-5-9(30-21-20(28)18(26)14(7-23)31-21)4-11-16(13)19(27)15-10(17(11)25)2-8(6-22)3-12(15)24/h2-5,14,18,20-24,26,28H,6-7H2,1H3. The maximum Gasteiger partial charge on any atom is 0.229 e. The number of aliphatic hydroxyl groups is 4. The molecule has 2 aliphatic rings. The van der Waals surface area contributed by atoms with E-state index in [1.807, 2.05) is 0 Å². The van der Waals surface area contributed by atoms with Crippen molar-refractivity contribution in [3.63, 3.8) is 0 Å². The molecule has 0 spiro atoms. The monoisotopic (exact) mass is 432 g/mol. The Labute approximate surface area is 175 Å². The van der Waals surface area contributed by atoms with Crippen molar-refractivity contribution in [2.24, 2.45) is 0 Å². The van der Waals surface area contributed by atoms with E-state index in [0.29, 0.717) is 0 Å². The molecular weight excluding hydrogens is 412 g/mol. The Balaban J connectivity index is 1.77. The van der Waals surface area contributed by atoms with Crippen LogP contribution in [0.4, 0.5) is 0 Å². The largest absolute Gasteiger partial charge is 0.507 e. The van der Waals surface area contributed by atoms with Gasteiger partial charge in [-0.15, -0.1) is 0 Å². The fourth-order valence-corrected chi connectivity index (χ4v) is 3.79. The van der Waals surface area contributed by atoms with Gasteiger partial charge in [-0.2, -0.15) is 0 Å². The van der Waals surface area contributed by atoms with Crippen LogP contribution in [0.25, 0.3) is 0 Å². The lowest BCUT2D eigenvalue weighted by Crippen LogP contribution is -2.35. The molecule has 4 rings (SSSR count). The van der Waals surface area contributed by atoms with Crippen molar-refractivity contribution in [1.29, 1.82) is 0 Å². The van der Waals surface area contributed by atoms with Gasteiger partial charge in [0, 0.05) is 17.2 Å². The van der Waals surface area contributed by atoms with Gasteiger partial charge in [-0.3, -0.25) is 9.59 Å². The van der Waals surface area contributed by atoms with Crippen LogP contribution in [0.3, 0.4) is 0 Å². The number of hydrogen-bond donors (Lipinski definition) is 5. The van der Waals surface area contributed by atoms with Crippen molar-refractivity contribution in [3.8, 4) is 17.2 Å². The van der Waals surface area contributed by atoms with Gasteiger partial charge >= 0.3 is 0 Å². The number of aliphatic hydroxyl groups excluding tert-OH is 4. The maximum absolute atomic E-state index is 13.1. The highest BCUT2D eigenvalue weighted by Gasteiger charge is 2.44. The molecule has 1 aliphatic heterocycles. The second-order valence-corrected chi connectivity index (χ2v) is 7.23. The first-order chi connectivity index (χ1) is 14.8. The van der Waals surface area contributed by atoms with E-state index in [-0.39, 0.29) is 39.3 Å². The van der Waals surface area contributed by atoms with Crippen molar-refractivity contribution >= 4 is 11.6 Å². The normalized spacial score (nSPS) is 24.7. The summed E-state index contributed by atoms with van der Waals surface area (Å²) in [7, 11) is 1.29. The number of fused-ring (bicyclic) bond motifs is 2. The number of carbonyl (C=O) groups excluding carboxylic acids is 2. The Kier molecular flexibility index (Phi) is 5.42. The third-order valence-corrected chi connectivity index (χ3v) is 5.35. The fourth-order valence-electron chi connectivity index (χ4n) is 3.79. The summed E-state index contributed by atoms with van der Waals surface area (Å²) in [6.07, 6.45) is -5.21. The van der Waals surface area contributed by atoms with Gasteiger partial charge in [0.15, 0.2) is 5.78 Å². The highest BCUT2D eigenvalue weighted by atomic mass is 16.7. The molecule has 1 saturated heterocycles. The van der Waals surface area contributed by atoms with Crippen LogP contribution in [-0.4, -0.2) is 75.4 Å². The Morgan fingerprint density at radius 1 is 0.968 bits per heavy atom. The lowest BCUT2D eigenvalue weighted by Gasteiger charge is -2.23. The summed E-state index contributed by atoms with van der Waals surface area (Å²) in [5.41, 5.74) is -0.140. The van der Waals surface area contributed by atoms with Gasteiger partial charge in [0.05, 0.1) is 31.5 Å². The van der Waals surface area contributed by atoms with E-state index in [9.17, 15) is 35.1 Å². The van der Waals surface area contributed by atoms with Gasteiger partial charge in [-0.1, -0.05) is 0 Å². The molecule has 10 nitrogen and oxygen atoms in total. The summed E-state index contributed by atoms with van der Waals surface area (Å²) < 4.78 is 16.1. The summed E-state index contributed by atoms with van der Waals surface area (Å²) in [6, 6.07) is 5.10. The van der Waals surface area contributed by atoms with Gasteiger partial charge in [0.25, 0.3) is 0 Å². The van der Waals surface area contributed by atoms with Gasteiger partial charge in [-0.25, -0.2) is 0 Å². The average Bonchev–Trinajstić information content (AvgIpc) is 3.03. The van der Waals surface area contributed by atoms with Crippen LogP contribution in [0, 0.1) is 0 Å². The summed E-state index contributed by atoms with van der Waals surface area (Å²) in [4.78, 5) is 26.2. The highest BCUT2D eigenvalue weighted by molar-refractivity contribution is 6.30.